The summed E-state index contributed by atoms with van der Waals surface area (Å²) in [5.41, 5.74) is 6.84. The second-order valence-electron chi connectivity index (χ2n) is 7.13. The molecule has 0 unspecified atom stereocenters. The highest BCUT2D eigenvalue weighted by Gasteiger charge is 2.17. The van der Waals surface area contributed by atoms with Gasteiger partial charge >= 0.3 is 0 Å². The van der Waals surface area contributed by atoms with E-state index in [9.17, 15) is 0 Å². The first kappa shape index (κ1) is 18.1. The Morgan fingerprint density at radius 3 is 2.72 bits per heavy atom. The molecular formula is C23H16N8O. The van der Waals surface area contributed by atoms with Crippen LogP contribution in [-0.2, 0) is 0 Å². The molecule has 0 aliphatic heterocycles. The molecule has 6 aromatic rings. The van der Waals surface area contributed by atoms with Crippen LogP contribution in [0.15, 0.2) is 67.3 Å². The van der Waals surface area contributed by atoms with Gasteiger partial charge in [-0.1, -0.05) is 6.07 Å². The molecule has 6 rings (SSSR count). The molecule has 0 saturated carbocycles. The molecule has 0 aliphatic carbocycles. The average molecular weight is 420 g/mol. The molecule has 9 heteroatoms. The zero-order valence-corrected chi connectivity index (χ0v) is 16.9. The number of methoxy groups -OCH3 is 1. The van der Waals surface area contributed by atoms with Gasteiger partial charge in [-0.25, -0.2) is 15.0 Å². The number of H-pyrrole nitrogens is 2. The molecule has 0 radical (unpaired) electrons. The summed E-state index contributed by atoms with van der Waals surface area (Å²) < 4.78 is 5.29. The Labute approximate surface area is 181 Å². The van der Waals surface area contributed by atoms with E-state index in [1.54, 1.807) is 31.9 Å². The molecule has 0 aliphatic rings. The van der Waals surface area contributed by atoms with Gasteiger partial charge in [0.2, 0.25) is 0 Å². The maximum atomic E-state index is 5.29. The Morgan fingerprint density at radius 1 is 0.875 bits per heavy atom. The number of pyridine rings is 4. The second kappa shape index (κ2) is 7.24. The van der Waals surface area contributed by atoms with Crippen molar-refractivity contribution in [3.05, 3.63) is 67.3 Å². The van der Waals surface area contributed by atoms with Crippen LogP contribution in [0.5, 0.6) is 5.75 Å². The highest BCUT2D eigenvalue weighted by molar-refractivity contribution is 5.94. The molecule has 0 bridgehead atoms. The first-order valence-electron chi connectivity index (χ1n) is 9.91. The van der Waals surface area contributed by atoms with Crippen molar-refractivity contribution in [2.24, 2.45) is 0 Å². The van der Waals surface area contributed by atoms with E-state index >= 15 is 0 Å². The Kier molecular flexibility index (Phi) is 4.10. The molecule has 9 nitrogen and oxygen atoms in total. The van der Waals surface area contributed by atoms with E-state index in [2.05, 4.69) is 30.1 Å². The van der Waals surface area contributed by atoms with Crippen molar-refractivity contribution >= 4 is 22.2 Å². The molecule has 0 saturated heterocycles. The van der Waals surface area contributed by atoms with Gasteiger partial charge in [0.1, 0.15) is 16.8 Å². The van der Waals surface area contributed by atoms with Crippen molar-refractivity contribution in [2.45, 2.75) is 0 Å². The topological polar surface area (TPSA) is 118 Å². The first-order chi connectivity index (χ1) is 15.8. The largest absolute Gasteiger partial charge is 0.495 e. The van der Waals surface area contributed by atoms with Crippen LogP contribution in [0.4, 0.5) is 0 Å². The summed E-state index contributed by atoms with van der Waals surface area (Å²) in [4.78, 5) is 26.0. The van der Waals surface area contributed by atoms with E-state index in [4.69, 9.17) is 14.7 Å². The van der Waals surface area contributed by atoms with Crippen LogP contribution in [0.25, 0.3) is 56.2 Å². The number of nitrogens with zero attached hydrogens (tertiary/aromatic N) is 6. The third-order valence-electron chi connectivity index (χ3n) is 5.20. The smallest absolute Gasteiger partial charge is 0.162 e. The van der Waals surface area contributed by atoms with Crippen molar-refractivity contribution in [1.82, 2.24) is 40.1 Å². The van der Waals surface area contributed by atoms with Crippen LogP contribution in [0.1, 0.15) is 0 Å². The normalized spacial score (nSPS) is 11.3. The standard InChI is InChI=1S/C23H16N8O/c1-32-14-10-13(11-24-12-14)16-5-6-18-20(27-16)21(31-30-18)23-28-19-15(7-9-26-22(19)29-23)17-4-2-3-8-25-17/h2-12H,1H3,(H,30,31)(H,26,28,29). The lowest BCUT2D eigenvalue weighted by molar-refractivity contribution is 0.413. The fourth-order valence-corrected chi connectivity index (χ4v) is 3.65. The minimum absolute atomic E-state index is 0.579. The lowest BCUT2D eigenvalue weighted by Crippen LogP contribution is -1.89. The number of aromatic nitrogens is 8. The van der Waals surface area contributed by atoms with Crippen LogP contribution >= 0.6 is 0 Å². The summed E-state index contributed by atoms with van der Waals surface area (Å²) in [5.74, 6) is 1.25. The van der Waals surface area contributed by atoms with Crippen molar-refractivity contribution in [1.29, 1.82) is 0 Å². The Hall–Kier alpha value is -4.66. The summed E-state index contributed by atoms with van der Waals surface area (Å²) in [6, 6.07) is 13.4. The van der Waals surface area contributed by atoms with Crippen molar-refractivity contribution < 1.29 is 4.74 Å². The third kappa shape index (κ3) is 2.95. The molecule has 6 heterocycles. The Morgan fingerprint density at radius 2 is 1.84 bits per heavy atom. The molecule has 0 fully saturated rings. The summed E-state index contributed by atoms with van der Waals surface area (Å²) in [5, 5.41) is 7.50. The number of fused-ring (bicyclic) bond motifs is 2. The molecule has 0 amide bonds. The Bertz CT molecular complexity index is 1570. The van der Waals surface area contributed by atoms with Crippen LogP contribution in [0.3, 0.4) is 0 Å². The van der Waals surface area contributed by atoms with E-state index in [1.807, 2.05) is 42.5 Å². The van der Waals surface area contributed by atoms with Gasteiger partial charge in [0.15, 0.2) is 17.2 Å². The van der Waals surface area contributed by atoms with Gasteiger partial charge in [0.25, 0.3) is 0 Å². The van der Waals surface area contributed by atoms with E-state index in [-0.39, 0.29) is 0 Å². The summed E-state index contributed by atoms with van der Waals surface area (Å²) in [6.07, 6.45) is 6.91. The van der Waals surface area contributed by atoms with Crippen molar-refractivity contribution in [3.8, 4) is 39.8 Å². The highest BCUT2D eigenvalue weighted by Crippen LogP contribution is 2.30. The average Bonchev–Trinajstić information content (AvgIpc) is 3.48. The van der Waals surface area contributed by atoms with Crippen LogP contribution in [-0.4, -0.2) is 47.2 Å². The molecule has 32 heavy (non-hydrogen) atoms. The molecule has 6 aromatic heterocycles. The zero-order chi connectivity index (χ0) is 21.5. The predicted molar refractivity (Wildman–Crippen MR) is 120 cm³/mol. The molecule has 2 N–H and O–H groups in total. The molecule has 0 aromatic carbocycles. The summed E-state index contributed by atoms with van der Waals surface area (Å²) >= 11 is 0. The lowest BCUT2D eigenvalue weighted by atomic mass is 10.1. The lowest BCUT2D eigenvalue weighted by Gasteiger charge is -2.03. The summed E-state index contributed by atoms with van der Waals surface area (Å²) in [6.45, 7) is 0. The van der Waals surface area contributed by atoms with Gasteiger partial charge in [-0.2, -0.15) is 5.10 Å². The molecule has 0 spiro atoms. The maximum Gasteiger partial charge on any atom is 0.162 e. The van der Waals surface area contributed by atoms with Gasteiger partial charge in [-0.15, -0.1) is 0 Å². The van der Waals surface area contributed by atoms with E-state index < -0.39 is 0 Å². The van der Waals surface area contributed by atoms with Crippen LogP contribution in [0.2, 0.25) is 0 Å². The number of hydrogen-bond acceptors (Lipinski definition) is 7. The van der Waals surface area contributed by atoms with Gasteiger partial charge in [-0.3, -0.25) is 15.1 Å². The minimum Gasteiger partial charge on any atom is -0.495 e. The number of rotatable bonds is 4. The monoisotopic (exact) mass is 420 g/mol. The van der Waals surface area contributed by atoms with E-state index in [0.29, 0.717) is 28.4 Å². The minimum atomic E-state index is 0.579. The highest BCUT2D eigenvalue weighted by atomic mass is 16.5. The third-order valence-corrected chi connectivity index (χ3v) is 5.20. The first-order valence-corrected chi connectivity index (χ1v) is 9.91. The van der Waals surface area contributed by atoms with Gasteiger partial charge in [0.05, 0.1) is 30.2 Å². The van der Waals surface area contributed by atoms with Gasteiger partial charge in [-0.05, 0) is 36.4 Å². The second-order valence-corrected chi connectivity index (χ2v) is 7.13. The SMILES string of the molecule is COc1cncc(-c2ccc3[nH]nc(-c4nc5c(-c6ccccn6)ccnc5[nH]4)c3n2)c1. The fraction of sp³-hybridized carbons (Fsp3) is 0.0435. The van der Waals surface area contributed by atoms with Crippen molar-refractivity contribution in [2.75, 3.05) is 7.11 Å². The van der Waals surface area contributed by atoms with E-state index in [0.717, 1.165) is 33.5 Å². The number of nitrogens with one attached hydrogen (secondary N) is 2. The van der Waals surface area contributed by atoms with Crippen LogP contribution < -0.4 is 4.74 Å². The number of imidazole rings is 1. The molecule has 0 atom stereocenters. The quantitative estimate of drug-likeness (QED) is 0.442. The maximum absolute atomic E-state index is 5.29. The van der Waals surface area contributed by atoms with Crippen molar-refractivity contribution in [3.63, 3.8) is 0 Å². The number of ether oxygens (including phenoxy) is 1. The van der Waals surface area contributed by atoms with Gasteiger partial charge in [0, 0.05) is 29.7 Å². The fourth-order valence-electron chi connectivity index (χ4n) is 3.65. The predicted octanol–water partition coefficient (Wildman–Crippen LogP) is 4.03. The molecule has 154 valence electrons. The van der Waals surface area contributed by atoms with Crippen LogP contribution in [0, 0.1) is 0 Å². The van der Waals surface area contributed by atoms with Gasteiger partial charge < -0.3 is 9.72 Å². The number of hydrogen-bond donors (Lipinski definition) is 2. The number of aromatic amines is 2. The Balaban J connectivity index is 1.50. The molecular weight excluding hydrogens is 404 g/mol. The zero-order valence-electron chi connectivity index (χ0n) is 16.9. The van der Waals surface area contributed by atoms with E-state index in [1.165, 1.54) is 0 Å². The summed E-state index contributed by atoms with van der Waals surface area (Å²) in [7, 11) is 1.61.